The van der Waals surface area contributed by atoms with E-state index < -0.39 is 11.6 Å². The molecule has 0 aromatic heterocycles. The van der Waals surface area contributed by atoms with Gasteiger partial charge in [-0.2, -0.15) is 0 Å². The normalized spacial score (nSPS) is 17.9. The lowest BCUT2D eigenvalue weighted by atomic mass is 9.91. The molecule has 108 valence electrons. The summed E-state index contributed by atoms with van der Waals surface area (Å²) in [5.41, 5.74) is 0.863. The Balaban J connectivity index is 2.13. The number of aliphatic hydroxyl groups is 1. The zero-order valence-corrected chi connectivity index (χ0v) is 11.7. The number of benzene rings is 1. The summed E-state index contributed by atoms with van der Waals surface area (Å²) in [6.07, 6.45) is 0.137. The van der Waals surface area contributed by atoms with Crippen LogP contribution in [0.5, 0.6) is 0 Å². The highest BCUT2D eigenvalue weighted by molar-refractivity contribution is 5.96. The molecule has 0 spiro atoms. The Labute approximate surface area is 117 Å². The van der Waals surface area contributed by atoms with E-state index in [9.17, 15) is 14.7 Å². The van der Waals surface area contributed by atoms with Crippen molar-refractivity contribution in [2.45, 2.75) is 32.3 Å². The Kier molecular flexibility index (Phi) is 3.81. The van der Waals surface area contributed by atoms with Gasteiger partial charge in [0.1, 0.15) is 0 Å². The lowest BCUT2D eigenvalue weighted by Gasteiger charge is -2.35. The Morgan fingerprint density at radius 3 is 2.35 bits per heavy atom. The third-order valence-corrected chi connectivity index (χ3v) is 3.90. The number of aliphatic carboxylic acids is 1. The number of carboxylic acids is 1. The second kappa shape index (κ2) is 5.25. The first-order chi connectivity index (χ1) is 9.33. The molecule has 5 heteroatoms. The number of carbonyl (C=O) groups is 2. The van der Waals surface area contributed by atoms with Crippen molar-refractivity contribution in [3.63, 3.8) is 0 Å². The maximum Gasteiger partial charge on any atom is 0.335 e. The van der Waals surface area contributed by atoms with Gasteiger partial charge in [0.05, 0.1) is 0 Å². The number of carbonyl (C=O) groups excluding carboxylic acids is 1. The summed E-state index contributed by atoms with van der Waals surface area (Å²) in [6, 6.07) is 5.70. The lowest BCUT2D eigenvalue weighted by Crippen LogP contribution is -2.50. The minimum atomic E-state index is -1.70. The first kappa shape index (κ1) is 14.5. The number of likely N-dealkylation sites (tertiary alicyclic amines) is 1. The second-order valence-corrected chi connectivity index (χ2v) is 5.45. The summed E-state index contributed by atoms with van der Waals surface area (Å²) in [5, 5.41) is 18.8. The Hall–Kier alpha value is -1.88. The standard InChI is InChI=1S/C15H19NO4/c1-10-3-4-11(2)12(9-10)13(17)16-7-5-15(20,6-8-16)14(18)19/h3-4,9,20H,5-8H2,1-2H3,(H,18,19). The van der Waals surface area contributed by atoms with Crippen LogP contribution in [0.25, 0.3) is 0 Å². The first-order valence-corrected chi connectivity index (χ1v) is 6.66. The maximum atomic E-state index is 12.5. The average Bonchev–Trinajstić information content (AvgIpc) is 2.41. The fraction of sp³-hybridized carbons (Fsp3) is 0.467. The van der Waals surface area contributed by atoms with Crippen molar-refractivity contribution in [2.75, 3.05) is 13.1 Å². The number of piperidine rings is 1. The van der Waals surface area contributed by atoms with Crippen molar-refractivity contribution in [2.24, 2.45) is 0 Å². The fourth-order valence-corrected chi connectivity index (χ4v) is 2.43. The van der Waals surface area contributed by atoms with Gasteiger partial charge in [-0.25, -0.2) is 4.79 Å². The predicted octanol–water partition coefficient (Wildman–Crippen LogP) is 1.36. The van der Waals surface area contributed by atoms with Crippen molar-refractivity contribution in [1.82, 2.24) is 4.90 Å². The van der Waals surface area contributed by atoms with Crippen LogP contribution in [-0.4, -0.2) is 45.7 Å². The number of hydrogen-bond donors (Lipinski definition) is 2. The highest BCUT2D eigenvalue weighted by atomic mass is 16.4. The van der Waals surface area contributed by atoms with Crippen molar-refractivity contribution >= 4 is 11.9 Å². The second-order valence-electron chi connectivity index (χ2n) is 5.45. The number of amides is 1. The Morgan fingerprint density at radius 1 is 1.20 bits per heavy atom. The van der Waals surface area contributed by atoms with Crippen LogP contribution in [0.15, 0.2) is 18.2 Å². The third-order valence-electron chi connectivity index (χ3n) is 3.90. The molecule has 1 amide bonds. The Morgan fingerprint density at radius 2 is 1.80 bits per heavy atom. The van der Waals surface area contributed by atoms with Crippen LogP contribution in [0.4, 0.5) is 0 Å². The number of aryl methyl sites for hydroxylation is 2. The van der Waals surface area contributed by atoms with Crippen LogP contribution in [-0.2, 0) is 4.79 Å². The number of nitrogens with zero attached hydrogens (tertiary/aromatic N) is 1. The van der Waals surface area contributed by atoms with Crippen LogP contribution in [0.2, 0.25) is 0 Å². The van der Waals surface area contributed by atoms with Crippen LogP contribution in [0.1, 0.15) is 34.3 Å². The molecule has 0 atom stereocenters. The van der Waals surface area contributed by atoms with E-state index in [0.29, 0.717) is 5.56 Å². The highest BCUT2D eigenvalue weighted by Gasteiger charge is 2.40. The van der Waals surface area contributed by atoms with E-state index in [-0.39, 0.29) is 31.8 Å². The van der Waals surface area contributed by atoms with Gasteiger partial charge in [0.15, 0.2) is 5.60 Å². The molecule has 0 saturated carbocycles. The van der Waals surface area contributed by atoms with Gasteiger partial charge in [0, 0.05) is 31.5 Å². The van der Waals surface area contributed by atoms with Crippen LogP contribution in [0, 0.1) is 13.8 Å². The van der Waals surface area contributed by atoms with Gasteiger partial charge in [0.2, 0.25) is 0 Å². The van der Waals surface area contributed by atoms with Gasteiger partial charge in [0.25, 0.3) is 5.91 Å². The molecule has 5 nitrogen and oxygen atoms in total. The molecule has 1 aliphatic rings. The third kappa shape index (κ3) is 2.67. The summed E-state index contributed by atoms with van der Waals surface area (Å²) < 4.78 is 0. The maximum absolute atomic E-state index is 12.5. The smallest absolute Gasteiger partial charge is 0.335 e. The fourth-order valence-electron chi connectivity index (χ4n) is 2.43. The molecule has 1 saturated heterocycles. The number of rotatable bonds is 2. The van der Waals surface area contributed by atoms with Crippen molar-refractivity contribution in [3.8, 4) is 0 Å². The molecule has 1 aromatic carbocycles. The van der Waals surface area contributed by atoms with Crippen LogP contribution >= 0.6 is 0 Å². The van der Waals surface area contributed by atoms with E-state index in [0.717, 1.165) is 11.1 Å². The Bertz CT molecular complexity index is 545. The molecule has 1 fully saturated rings. The SMILES string of the molecule is Cc1ccc(C)c(C(=O)N2CCC(O)(C(=O)O)CC2)c1. The van der Waals surface area contributed by atoms with Gasteiger partial charge < -0.3 is 15.1 Å². The van der Waals surface area contributed by atoms with Gasteiger partial charge in [-0.15, -0.1) is 0 Å². The molecule has 1 aromatic rings. The van der Waals surface area contributed by atoms with Crippen molar-refractivity contribution < 1.29 is 19.8 Å². The van der Waals surface area contributed by atoms with Crippen molar-refractivity contribution in [3.05, 3.63) is 34.9 Å². The topological polar surface area (TPSA) is 77.8 Å². The van der Waals surface area contributed by atoms with Gasteiger partial charge in [-0.1, -0.05) is 17.7 Å². The van der Waals surface area contributed by atoms with Crippen LogP contribution in [0.3, 0.4) is 0 Å². The van der Waals surface area contributed by atoms with Gasteiger partial charge in [-0.3, -0.25) is 4.79 Å². The summed E-state index contributed by atoms with van der Waals surface area (Å²) in [5.74, 6) is -1.31. The van der Waals surface area contributed by atoms with E-state index >= 15 is 0 Å². The summed E-state index contributed by atoms with van der Waals surface area (Å²) in [4.78, 5) is 25.0. The average molecular weight is 277 g/mol. The first-order valence-electron chi connectivity index (χ1n) is 6.66. The van der Waals surface area contributed by atoms with E-state index in [1.54, 1.807) is 4.90 Å². The monoisotopic (exact) mass is 277 g/mol. The number of carboxylic acid groups (broad SMARTS) is 1. The lowest BCUT2D eigenvalue weighted by molar-refractivity contribution is -0.162. The molecule has 2 N–H and O–H groups in total. The largest absolute Gasteiger partial charge is 0.479 e. The molecule has 20 heavy (non-hydrogen) atoms. The minimum Gasteiger partial charge on any atom is -0.479 e. The molecule has 0 radical (unpaired) electrons. The van der Waals surface area contributed by atoms with E-state index in [1.807, 2.05) is 32.0 Å². The van der Waals surface area contributed by atoms with Gasteiger partial charge in [-0.05, 0) is 25.5 Å². The van der Waals surface area contributed by atoms with Crippen molar-refractivity contribution in [1.29, 1.82) is 0 Å². The molecule has 2 rings (SSSR count). The molecule has 1 heterocycles. The molecule has 0 bridgehead atoms. The van der Waals surface area contributed by atoms with Gasteiger partial charge >= 0.3 is 5.97 Å². The minimum absolute atomic E-state index is 0.0684. The molecule has 0 unspecified atom stereocenters. The van der Waals surface area contributed by atoms with E-state index in [4.69, 9.17) is 5.11 Å². The summed E-state index contributed by atoms with van der Waals surface area (Å²) in [6.45, 7) is 4.32. The zero-order chi connectivity index (χ0) is 14.9. The number of hydrogen-bond acceptors (Lipinski definition) is 3. The van der Waals surface area contributed by atoms with E-state index in [2.05, 4.69) is 0 Å². The highest BCUT2D eigenvalue weighted by Crippen LogP contribution is 2.24. The van der Waals surface area contributed by atoms with E-state index in [1.165, 1.54) is 0 Å². The molecule has 1 aliphatic heterocycles. The van der Waals surface area contributed by atoms with Crippen LogP contribution < -0.4 is 0 Å². The quantitative estimate of drug-likeness (QED) is 0.855. The molecular weight excluding hydrogens is 258 g/mol. The predicted molar refractivity (Wildman–Crippen MR) is 73.6 cm³/mol. The zero-order valence-electron chi connectivity index (χ0n) is 11.7. The summed E-state index contributed by atoms with van der Waals surface area (Å²) in [7, 11) is 0. The molecule has 0 aliphatic carbocycles. The molecular formula is C15H19NO4. The summed E-state index contributed by atoms with van der Waals surface area (Å²) >= 11 is 0.